The van der Waals surface area contributed by atoms with E-state index in [-0.39, 0.29) is 5.69 Å². The van der Waals surface area contributed by atoms with Gasteiger partial charge in [0.25, 0.3) is 11.5 Å². The highest BCUT2D eigenvalue weighted by molar-refractivity contribution is 6.30. The van der Waals surface area contributed by atoms with Gasteiger partial charge in [-0.25, -0.2) is 9.07 Å². The first-order chi connectivity index (χ1) is 13.7. The van der Waals surface area contributed by atoms with Gasteiger partial charge in [-0.2, -0.15) is 0 Å². The van der Waals surface area contributed by atoms with E-state index < -0.39 is 35.7 Å². The highest BCUT2D eigenvalue weighted by Gasteiger charge is 2.22. The fraction of sp³-hybridized carbons (Fsp3) is 0.150. The molecular weight excluding hydrogens is 401 g/mol. The van der Waals surface area contributed by atoms with Gasteiger partial charge in [-0.3, -0.25) is 19.5 Å². The molecule has 1 aromatic heterocycles. The number of hydrogen-bond acceptors (Lipinski definition) is 3. The minimum absolute atomic E-state index is 0.0700. The Morgan fingerprint density at radius 1 is 1.24 bits per heavy atom. The molecule has 0 aliphatic heterocycles. The normalized spacial score (nSPS) is 11.8. The summed E-state index contributed by atoms with van der Waals surface area (Å²) in [4.78, 5) is 36.2. The number of nitrogens with one attached hydrogen (secondary N) is 2. The minimum atomic E-state index is -1.16. The van der Waals surface area contributed by atoms with E-state index in [4.69, 9.17) is 11.6 Å². The van der Waals surface area contributed by atoms with Crippen molar-refractivity contribution in [2.45, 2.75) is 19.4 Å². The number of amides is 1. The molecule has 0 saturated heterocycles. The lowest BCUT2D eigenvalue weighted by atomic mass is 9.98. The summed E-state index contributed by atoms with van der Waals surface area (Å²) >= 11 is 5.93. The SMILES string of the molecule is Cc1ccc(F)cc1C(CC(=O)O)NC(=O)c1cc(=O)n(-c2cccc(Cl)c2)[nH]1. The molecule has 0 radical (unpaired) electrons. The second-order valence-corrected chi connectivity index (χ2v) is 6.88. The minimum Gasteiger partial charge on any atom is -0.481 e. The number of aliphatic carboxylic acids is 1. The summed E-state index contributed by atoms with van der Waals surface area (Å²) in [6, 6.07) is 10.5. The molecule has 1 atom stereocenters. The van der Waals surface area contributed by atoms with Crippen molar-refractivity contribution in [3.8, 4) is 5.69 Å². The van der Waals surface area contributed by atoms with Crippen molar-refractivity contribution in [1.82, 2.24) is 15.1 Å². The van der Waals surface area contributed by atoms with E-state index in [0.29, 0.717) is 21.8 Å². The number of aromatic nitrogens is 2. The number of hydrogen-bond donors (Lipinski definition) is 3. The van der Waals surface area contributed by atoms with E-state index in [1.54, 1.807) is 31.2 Å². The van der Waals surface area contributed by atoms with Crippen LogP contribution in [0.25, 0.3) is 5.69 Å². The van der Waals surface area contributed by atoms with Crippen molar-refractivity contribution >= 4 is 23.5 Å². The molecule has 0 bridgehead atoms. The van der Waals surface area contributed by atoms with Crippen LogP contribution < -0.4 is 10.9 Å². The summed E-state index contributed by atoms with van der Waals surface area (Å²) in [5, 5.41) is 14.8. The van der Waals surface area contributed by atoms with Gasteiger partial charge >= 0.3 is 5.97 Å². The van der Waals surface area contributed by atoms with Crippen LogP contribution in [0.1, 0.15) is 34.1 Å². The highest BCUT2D eigenvalue weighted by Crippen LogP contribution is 2.22. The van der Waals surface area contributed by atoms with Crippen molar-refractivity contribution in [3.63, 3.8) is 0 Å². The number of halogens is 2. The molecule has 0 aliphatic rings. The molecule has 0 spiro atoms. The topological polar surface area (TPSA) is 104 Å². The predicted octanol–water partition coefficient (Wildman–Crippen LogP) is 3.21. The lowest BCUT2D eigenvalue weighted by Crippen LogP contribution is -2.31. The number of aromatic amines is 1. The zero-order valence-corrected chi connectivity index (χ0v) is 16.0. The molecule has 0 fully saturated rings. The second-order valence-electron chi connectivity index (χ2n) is 6.45. The number of benzene rings is 2. The third-order valence-electron chi connectivity index (χ3n) is 4.33. The van der Waals surface area contributed by atoms with Gasteiger partial charge in [-0.05, 0) is 48.4 Å². The first-order valence-corrected chi connectivity index (χ1v) is 8.99. The summed E-state index contributed by atoms with van der Waals surface area (Å²) in [6.07, 6.45) is -0.449. The average Bonchev–Trinajstić information content (AvgIpc) is 3.05. The third kappa shape index (κ3) is 4.72. The first-order valence-electron chi connectivity index (χ1n) is 8.61. The predicted molar refractivity (Wildman–Crippen MR) is 105 cm³/mol. The average molecular weight is 418 g/mol. The van der Waals surface area contributed by atoms with Crippen LogP contribution in [0.5, 0.6) is 0 Å². The van der Waals surface area contributed by atoms with Gasteiger partial charge in [0.05, 0.1) is 18.2 Å². The van der Waals surface area contributed by atoms with Crippen LogP contribution in [0.3, 0.4) is 0 Å². The summed E-state index contributed by atoms with van der Waals surface area (Å²) in [7, 11) is 0. The number of nitrogens with zero attached hydrogens (tertiary/aromatic N) is 1. The Morgan fingerprint density at radius 3 is 2.69 bits per heavy atom. The Balaban J connectivity index is 1.91. The zero-order chi connectivity index (χ0) is 21.1. The number of carbonyl (C=O) groups excluding carboxylic acids is 1. The van der Waals surface area contributed by atoms with E-state index in [2.05, 4.69) is 10.4 Å². The van der Waals surface area contributed by atoms with Gasteiger partial charge in [0, 0.05) is 11.1 Å². The van der Waals surface area contributed by atoms with Crippen LogP contribution in [0.4, 0.5) is 4.39 Å². The van der Waals surface area contributed by atoms with Gasteiger partial charge in [-0.15, -0.1) is 0 Å². The Morgan fingerprint density at radius 2 is 2.00 bits per heavy atom. The van der Waals surface area contributed by atoms with Gasteiger partial charge in [0.15, 0.2) is 0 Å². The molecule has 7 nitrogen and oxygen atoms in total. The summed E-state index contributed by atoms with van der Waals surface area (Å²) in [5.74, 6) is -2.41. The molecule has 9 heteroatoms. The molecule has 0 saturated carbocycles. The maximum Gasteiger partial charge on any atom is 0.305 e. The maximum absolute atomic E-state index is 13.7. The fourth-order valence-electron chi connectivity index (χ4n) is 2.96. The summed E-state index contributed by atoms with van der Waals surface area (Å²) in [5.41, 5.74) is 0.846. The molecule has 150 valence electrons. The number of H-pyrrole nitrogens is 1. The van der Waals surface area contributed by atoms with Crippen molar-refractivity contribution in [1.29, 1.82) is 0 Å². The lowest BCUT2D eigenvalue weighted by molar-refractivity contribution is -0.137. The fourth-order valence-corrected chi connectivity index (χ4v) is 3.14. The molecule has 3 N–H and O–H groups in total. The smallest absolute Gasteiger partial charge is 0.305 e. The number of carbonyl (C=O) groups is 2. The Labute approximate surface area is 169 Å². The Bertz CT molecular complexity index is 1140. The molecule has 29 heavy (non-hydrogen) atoms. The first kappa shape index (κ1) is 20.3. The van der Waals surface area contributed by atoms with Crippen molar-refractivity contribution in [3.05, 3.63) is 86.5 Å². The van der Waals surface area contributed by atoms with Gasteiger partial charge in [0.2, 0.25) is 0 Å². The number of carboxylic acid groups (broad SMARTS) is 1. The van der Waals surface area contributed by atoms with Crippen LogP contribution >= 0.6 is 11.6 Å². The Kier molecular flexibility index (Phi) is 5.84. The molecule has 0 aliphatic carbocycles. The van der Waals surface area contributed by atoms with Crippen LogP contribution in [-0.4, -0.2) is 26.8 Å². The molecule has 2 aromatic carbocycles. The molecule has 1 heterocycles. The van der Waals surface area contributed by atoms with Crippen LogP contribution in [-0.2, 0) is 4.79 Å². The third-order valence-corrected chi connectivity index (χ3v) is 4.57. The number of rotatable bonds is 6. The monoisotopic (exact) mass is 417 g/mol. The van der Waals surface area contributed by atoms with E-state index in [1.165, 1.54) is 18.2 Å². The van der Waals surface area contributed by atoms with Crippen LogP contribution in [0.15, 0.2) is 53.3 Å². The van der Waals surface area contributed by atoms with Crippen molar-refractivity contribution in [2.24, 2.45) is 0 Å². The van der Waals surface area contributed by atoms with Gasteiger partial charge in [-0.1, -0.05) is 23.7 Å². The molecule has 1 unspecified atom stereocenters. The number of aryl methyl sites for hydroxylation is 1. The van der Waals surface area contributed by atoms with Crippen molar-refractivity contribution in [2.75, 3.05) is 0 Å². The number of carboxylic acids is 1. The summed E-state index contributed by atoms with van der Waals surface area (Å²) < 4.78 is 14.8. The standard InChI is InChI=1S/C20H17ClFN3O4/c1-11-5-6-13(22)8-15(11)16(10-19(27)28)23-20(29)17-9-18(26)25(24-17)14-4-2-3-12(21)7-14/h2-9,16,24H,10H2,1H3,(H,23,29)(H,27,28). The largest absolute Gasteiger partial charge is 0.481 e. The Hall–Kier alpha value is -3.39. The molecule has 3 aromatic rings. The van der Waals surface area contributed by atoms with Gasteiger partial charge in [0.1, 0.15) is 11.5 Å². The van der Waals surface area contributed by atoms with Crippen LogP contribution in [0.2, 0.25) is 5.02 Å². The highest BCUT2D eigenvalue weighted by atomic mass is 35.5. The second kappa shape index (κ2) is 8.32. The lowest BCUT2D eigenvalue weighted by Gasteiger charge is -2.19. The van der Waals surface area contributed by atoms with Crippen LogP contribution in [0, 0.1) is 12.7 Å². The van der Waals surface area contributed by atoms with E-state index in [1.807, 2.05) is 0 Å². The van der Waals surface area contributed by atoms with Gasteiger partial charge < -0.3 is 10.4 Å². The summed E-state index contributed by atoms with van der Waals surface area (Å²) in [6.45, 7) is 1.69. The van der Waals surface area contributed by atoms with E-state index in [9.17, 15) is 23.9 Å². The quantitative estimate of drug-likeness (QED) is 0.572. The molecule has 3 rings (SSSR count). The molecular formula is C20H17ClFN3O4. The van der Waals surface area contributed by atoms with Crippen molar-refractivity contribution < 1.29 is 19.1 Å². The molecule has 1 amide bonds. The van der Waals surface area contributed by atoms with E-state index >= 15 is 0 Å². The van der Waals surface area contributed by atoms with E-state index in [0.717, 1.165) is 10.7 Å². The zero-order valence-electron chi connectivity index (χ0n) is 15.3. The maximum atomic E-state index is 13.7.